The predicted molar refractivity (Wildman–Crippen MR) is 81.4 cm³/mol. The van der Waals surface area contributed by atoms with Crippen molar-refractivity contribution in [2.75, 3.05) is 26.4 Å². The highest BCUT2D eigenvalue weighted by Gasteiger charge is 2.19. The van der Waals surface area contributed by atoms with Gasteiger partial charge in [-0.2, -0.15) is 0 Å². The van der Waals surface area contributed by atoms with Gasteiger partial charge in [0.1, 0.15) is 5.82 Å². The van der Waals surface area contributed by atoms with E-state index in [0.29, 0.717) is 43.2 Å². The molecule has 3 N–H and O–H groups in total. The molecular weight excluding hydrogens is 273 g/mol. The summed E-state index contributed by atoms with van der Waals surface area (Å²) >= 11 is 0. The first kappa shape index (κ1) is 17.7. The summed E-state index contributed by atoms with van der Waals surface area (Å²) in [5.41, 5.74) is 6.15. The average molecular weight is 299 g/mol. The van der Waals surface area contributed by atoms with Crippen LogP contribution < -0.4 is 15.2 Å². The molecule has 21 heavy (non-hydrogen) atoms. The van der Waals surface area contributed by atoms with Gasteiger partial charge in [0.25, 0.3) is 0 Å². The smallest absolute Gasteiger partial charge is 0.164 e. The fourth-order valence-electron chi connectivity index (χ4n) is 2.34. The lowest BCUT2D eigenvalue weighted by molar-refractivity contribution is 0.216. The minimum Gasteiger partial charge on any atom is -0.490 e. The van der Waals surface area contributed by atoms with Crippen molar-refractivity contribution in [3.63, 3.8) is 0 Å². The van der Waals surface area contributed by atoms with Gasteiger partial charge in [0.15, 0.2) is 11.5 Å². The molecule has 2 unspecified atom stereocenters. The second kappa shape index (κ2) is 8.85. The molecule has 0 amide bonds. The topological polar surface area (TPSA) is 64.7 Å². The molecule has 4 nitrogen and oxygen atoms in total. The number of ether oxygens (including phenoxy) is 2. The van der Waals surface area contributed by atoms with Crippen molar-refractivity contribution in [1.29, 1.82) is 0 Å². The van der Waals surface area contributed by atoms with Crippen LogP contribution in [-0.2, 0) is 0 Å². The number of hydrogen-bond acceptors (Lipinski definition) is 4. The predicted octanol–water partition coefficient (Wildman–Crippen LogP) is 2.68. The summed E-state index contributed by atoms with van der Waals surface area (Å²) in [5.74, 6) is 0.575. The first-order valence-electron chi connectivity index (χ1n) is 7.47. The Bertz CT molecular complexity index is 436. The Balaban J connectivity index is 3.03. The molecule has 0 saturated heterocycles. The molecule has 0 aliphatic heterocycles. The monoisotopic (exact) mass is 299 g/mol. The average Bonchev–Trinajstić information content (AvgIpc) is 2.47. The minimum atomic E-state index is -0.317. The highest BCUT2D eigenvalue weighted by molar-refractivity contribution is 5.45. The molecule has 0 aliphatic rings. The molecule has 0 saturated carbocycles. The van der Waals surface area contributed by atoms with Crippen molar-refractivity contribution in [3.05, 3.63) is 23.5 Å². The zero-order valence-electron chi connectivity index (χ0n) is 13.1. The third-order valence-corrected chi connectivity index (χ3v) is 3.47. The van der Waals surface area contributed by atoms with Crippen LogP contribution in [0.15, 0.2) is 12.1 Å². The second-order valence-corrected chi connectivity index (χ2v) is 5.11. The van der Waals surface area contributed by atoms with Crippen LogP contribution in [0.3, 0.4) is 0 Å². The number of aliphatic hydroxyl groups excluding tert-OH is 1. The van der Waals surface area contributed by atoms with Gasteiger partial charge in [0.2, 0.25) is 0 Å². The van der Waals surface area contributed by atoms with E-state index in [9.17, 15) is 9.50 Å². The van der Waals surface area contributed by atoms with Gasteiger partial charge < -0.3 is 20.3 Å². The van der Waals surface area contributed by atoms with Crippen molar-refractivity contribution in [3.8, 4) is 11.5 Å². The van der Waals surface area contributed by atoms with Gasteiger partial charge in [-0.05, 0) is 50.3 Å². The van der Waals surface area contributed by atoms with Gasteiger partial charge in [-0.3, -0.25) is 0 Å². The Morgan fingerprint density at radius 3 is 2.24 bits per heavy atom. The Hall–Kier alpha value is -1.33. The molecule has 1 rings (SSSR count). The molecule has 1 aromatic rings. The Morgan fingerprint density at radius 2 is 1.76 bits per heavy atom. The fraction of sp³-hybridized carbons (Fsp3) is 0.625. The SMILES string of the molecule is CCOc1cc(F)c(C(C)CC(CN)CO)cc1OCC. The number of halogens is 1. The van der Waals surface area contributed by atoms with Crippen LogP contribution in [0.1, 0.15) is 38.7 Å². The summed E-state index contributed by atoms with van der Waals surface area (Å²) in [6.45, 7) is 6.98. The summed E-state index contributed by atoms with van der Waals surface area (Å²) in [7, 11) is 0. The van der Waals surface area contributed by atoms with Crippen molar-refractivity contribution in [1.82, 2.24) is 0 Å². The van der Waals surface area contributed by atoms with Gasteiger partial charge in [-0.1, -0.05) is 6.92 Å². The van der Waals surface area contributed by atoms with Crippen LogP contribution in [0.5, 0.6) is 11.5 Å². The quantitative estimate of drug-likeness (QED) is 0.736. The highest BCUT2D eigenvalue weighted by Crippen LogP contribution is 2.35. The van der Waals surface area contributed by atoms with Gasteiger partial charge >= 0.3 is 0 Å². The van der Waals surface area contributed by atoms with E-state index >= 15 is 0 Å². The van der Waals surface area contributed by atoms with Crippen LogP contribution >= 0.6 is 0 Å². The molecular formula is C16H26FNO3. The van der Waals surface area contributed by atoms with E-state index in [1.807, 2.05) is 20.8 Å². The lowest BCUT2D eigenvalue weighted by atomic mass is 9.90. The molecule has 120 valence electrons. The number of benzene rings is 1. The maximum atomic E-state index is 14.3. The van der Waals surface area contributed by atoms with Gasteiger partial charge in [-0.15, -0.1) is 0 Å². The summed E-state index contributed by atoms with van der Waals surface area (Å²) in [4.78, 5) is 0. The first-order chi connectivity index (χ1) is 10.1. The molecule has 2 atom stereocenters. The van der Waals surface area contributed by atoms with Crippen LogP contribution in [0.4, 0.5) is 4.39 Å². The van der Waals surface area contributed by atoms with E-state index in [2.05, 4.69) is 0 Å². The third-order valence-electron chi connectivity index (χ3n) is 3.47. The zero-order valence-corrected chi connectivity index (χ0v) is 13.1. The molecule has 0 bridgehead atoms. The Kier molecular flexibility index (Phi) is 7.47. The van der Waals surface area contributed by atoms with Crippen molar-refractivity contribution >= 4 is 0 Å². The minimum absolute atomic E-state index is 0.0117. The molecule has 0 heterocycles. The summed E-state index contributed by atoms with van der Waals surface area (Å²) < 4.78 is 25.2. The lowest BCUT2D eigenvalue weighted by Crippen LogP contribution is -2.20. The van der Waals surface area contributed by atoms with Crippen LogP contribution in [0, 0.1) is 11.7 Å². The van der Waals surface area contributed by atoms with Crippen LogP contribution in [0.2, 0.25) is 0 Å². The number of nitrogens with two attached hydrogens (primary N) is 1. The largest absolute Gasteiger partial charge is 0.490 e. The lowest BCUT2D eigenvalue weighted by Gasteiger charge is -2.20. The van der Waals surface area contributed by atoms with Crippen LogP contribution in [0.25, 0.3) is 0 Å². The third kappa shape index (κ3) is 4.86. The molecule has 0 fully saturated rings. The van der Waals surface area contributed by atoms with Crippen molar-refractivity contribution < 1.29 is 19.0 Å². The van der Waals surface area contributed by atoms with Crippen molar-refractivity contribution in [2.24, 2.45) is 11.7 Å². The van der Waals surface area contributed by atoms with E-state index in [1.165, 1.54) is 6.07 Å². The number of hydrogen-bond donors (Lipinski definition) is 2. The normalized spacial score (nSPS) is 13.8. The molecule has 0 aromatic heterocycles. The van der Waals surface area contributed by atoms with Crippen molar-refractivity contribution in [2.45, 2.75) is 33.1 Å². The first-order valence-corrected chi connectivity index (χ1v) is 7.47. The number of aliphatic hydroxyl groups is 1. The summed E-state index contributed by atoms with van der Waals surface area (Å²) in [6.07, 6.45) is 0.628. The molecule has 5 heteroatoms. The zero-order chi connectivity index (χ0) is 15.8. The summed E-state index contributed by atoms with van der Waals surface area (Å²) in [6, 6.07) is 3.07. The maximum Gasteiger partial charge on any atom is 0.164 e. The van der Waals surface area contributed by atoms with Crippen LogP contribution in [-0.4, -0.2) is 31.5 Å². The van der Waals surface area contributed by atoms with E-state index in [4.69, 9.17) is 15.2 Å². The summed E-state index contributed by atoms with van der Waals surface area (Å²) in [5, 5.41) is 9.23. The Labute approximate surface area is 126 Å². The maximum absolute atomic E-state index is 14.3. The molecule has 0 aliphatic carbocycles. The molecule has 0 spiro atoms. The van der Waals surface area contributed by atoms with Gasteiger partial charge in [0, 0.05) is 12.7 Å². The van der Waals surface area contributed by atoms with E-state index in [0.717, 1.165) is 0 Å². The fourth-order valence-corrected chi connectivity index (χ4v) is 2.34. The second-order valence-electron chi connectivity index (χ2n) is 5.11. The van der Waals surface area contributed by atoms with E-state index in [-0.39, 0.29) is 24.3 Å². The van der Waals surface area contributed by atoms with E-state index in [1.54, 1.807) is 6.07 Å². The Morgan fingerprint density at radius 1 is 1.19 bits per heavy atom. The molecule has 0 radical (unpaired) electrons. The van der Waals surface area contributed by atoms with Gasteiger partial charge in [0.05, 0.1) is 13.2 Å². The highest BCUT2D eigenvalue weighted by atomic mass is 19.1. The van der Waals surface area contributed by atoms with Gasteiger partial charge in [-0.25, -0.2) is 4.39 Å². The standard InChI is InChI=1S/C16H26FNO3/c1-4-20-15-7-13(11(3)6-12(9-18)10-19)14(17)8-16(15)21-5-2/h7-8,11-12,19H,4-6,9-10,18H2,1-3H3. The molecule has 1 aromatic carbocycles. The number of rotatable bonds is 9. The van der Waals surface area contributed by atoms with E-state index < -0.39 is 0 Å².